The minimum absolute atomic E-state index is 0.542. The molecule has 0 amide bonds. The largest absolute Gasteiger partial charge is 0.386 e. The van der Waals surface area contributed by atoms with Crippen LogP contribution >= 0.6 is 39.0 Å². The van der Waals surface area contributed by atoms with Crippen molar-refractivity contribution in [3.8, 4) is 0 Å². The summed E-state index contributed by atoms with van der Waals surface area (Å²) in [6.07, 6.45) is 1.67. The van der Waals surface area contributed by atoms with Gasteiger partial charge in [0.2, 0.25) is 0 Å². The van der Waals surface area contributed by atoms with E-state index in [9.17, 15) is 5.11 Å². The van der Waals surface area contributed by atoms with Crippen molar-refractivity contribution in [2.24, 2.45) is 0 Å². The summed E-state index contributed by atoms with van der Waals surface area (Å²) < 4.78 is 8.93. The summed E-state index contributed by atoms with van der Waals surface area (Å²) in [5.74, 6) is 0. The van der Waals surface area contributed by atoms with Gasteiger partial charge < -0.3 is 5.11 Å². The molecule has 2 rings (SSSR count). The van der Waals surface area contributed by atoms with Crippen LogP contribution in [0.1, 0.15) is 16.7 Å². The predicted octanol–water partition coefficient (Wildman–Crippen LogP) is 2.64. The normalized spacial score (nSPS) is 13.0. The number of hydrogen-bond acceptors (Lipinski definition) is 5. The van der Waals surface area contributed by atoms with Crippen molar-refractivity contribution in [2.75, 3.05) is 0 Å². The molecule has 2 aromatic heterocycles. The van der Waals surface area contributed by atoms with Crippen molar-refractivity contribution in [1.82, 2.24) is 8.75 Å². The van der Waals surface area contributed by atoms with Gasteiger partial charge in [0.05, 0.1) is 21.7 Å². The van der Waals surface area contributed by atoms with Crippen LogP contribution in [0, 0.1) is 0 Å². The average Bonchev–Trinajstić information content (AvgIpc) is 2.75. The number of halogens is 1. The Balaban J connectivity index is 2.05. The van der Waals surface area contributed by atoms with Gasteiger partial charge in [-0.1, -0.05) is 0 Å². The van der Waals surface area contributed by atoms with Crippen molar-refractivity contribution in [2.45, 2.75) is 12.5 Å². The highest BCUT2D eigenvalue weighted by Gasteiger charge is 2.12. The van der Waals surface area contributed by atoms with Crippen molar-refractivity contribution in [1.29, 1.82) is 0 Å². The first-order chi connectivity index (χ1) is 6.75. The highest BCUT2D eigenvalue weighted by Crippen LogP contribution is 2.26. The third-order valence-electron chi connectivity index (χ3n) is 1.74. The van der Waals surface area contributed by atoms with Gasteiger partial charge in [-0.2, -0.15) is 8.75 Å². The molecule has 0 aliphatic rings. The van der Waals surface area contributed by atoms with Gasteiger partial charge in [-0.25, -0.2) is 0 Å². The van der Waals surface area contributed by atoms with Gasteiger partial charge >= 0.3 is 0 Å². The van der Waals surface area contributed by atoms with Crippen LogP contribution in [0.3, 0.4) is 0 Å². The smallest absolute Gasteiger partial charge is 0.103 e. The Kier molecular flexibility index (Phi) is 3.27. The summed E-state index contributed by atoms with van der Waals surface area (Å²) in [6.45, 7) is 0. The topological polar surface area (TPSA) is 46.0 Å². The Morgan fingerprint density at radius 1 is 1.50 bits per heavy atom. The van der Waals surface area contributed by atoms with E-state index in [1.165, 1.54) is 0 Å². The van der Waals surface area contributed by atoms with Crippen molar-refractivity contribution < 1.29 is 5.11 Å². The lowest BCUT2D eigenvalue weighted by atomic mass is 10.2. The molecule has 74 valence electrons. The molecule has 0 bridgehead atoms. The summed E-state index contributed by atoms with van der Waals surface area (Å²) in [4.78, 5) is 1.14. The van der Waals surface area contributed by atoms with E-state index in [1.807, 2.05) is 12.1 Å². The van der Waals surface area contributed by atoms with Gasteiger partial charge in [0.25, 0.3) is 0 Å². The summed E-state index contributed by atoms with van der Waals surface area (Å²) in [5.41, 5.74) is 0.652. The van der Waals surface area contributed by atoms with Crippen molar-refractivity contribution in [3.05, 3.63) is 32.7 Å². The third-order valence-corrected chi connectivity index (χ3v) is 3.88. The van der Waals surface area contributed by atoms with Crippen LogP contribution in [0.4, 0.5) is 0 Å². The quantitative estimate of drug-likeness (QED) is 0.945. The molecule has 6 heteroatoms. The maximum Gasteiger partial charge on any atom is 0.103 e. The maximum atomic E-state index is 9.77. The zero-order valence-electron chi connectivity index (χ0n) is 7.05. The second-order valence-corrected chi connectivity index (χ2v) is 5.86. The fraction of sp³-hybridized carbons (Fsp3) is 0.250. The van der Waals surface area contributed by atoms with Crippen LogP contribution in [0.5, 0.6) is 0 Å². The monoisotopic (exact) mass is 290 g/mol. The minimum atomic E-state index is -0.542. The maximum absolute atomic E-state index is 9.77. The molecule has 0 saturated heterocycles. The Bertz CT molecular complexity index is 401. The molecule has 2 aromatic rings. The van der Waals surface area contributed by atoms with E-state index in [2.05, 4.69) is 24.7 Å². The Labute approximate surface area is 97.9 Å². The average molecular weight is 291 g/mol. The van der Waals surface area contributed by atoms with E-state index in [1.54, 1.807) is 17.5 Å². The van der Waals surface area contributed by atoms with Gasteiger partial charge in [0.1, 0.15) is 11.8 Å². The lowest BCUT2D eigenvalue weighted by molar-refractivity contribution is 0.175. The molecule has 0 aliphatic carbocycles. The molecule has 2 heterocycles. The molecule has 0 radical (unpaired) electrons. The van der Waals surface area contributed by atoms with Crippen LogP contribution in [0.15, 0.2) is 22.1 Å². The Morgan fingerprint density at radius 3 is 2.93 bits per heavy atom. The van der Waals surface area contributed by atoms with Crippen molar-refractivity contribution >= 4 is 39.0 Å². The third kappa shape index (κ3) is 2.38. The summed E-state index contributed by atoms with van der Waals surface area (Å²) in [6, 6.07) is 3.98. The summed E-state index contributed by atoms with van der Waals surface area (Å²) >= 11 is 6.12. The Morgan fingerprint density at radius 2 is 2.36 bits per heavy atom. The van der Waals surface area contributed by atoms with Crippen LogP contribution in [0.2, 0.25) is 0 Å². The second-order valence-electron chi connectivity index (χ2n) is 2.76. The lowest BCUT2D eigenvalue weighted by Gasteiger charge is -2.03. The van der Waals surface area contributed by atoms with E-state index in [4.69, 9.17) is 0 Å². The predicted molar refractivity (Wildman–Crippen MR) is 60.6 cm³/mol. The van der Waals surface area contributed by atoms with E-state index >= 15 is 0 Å². The molecular formula is C8H7BrN2OS2. The SMILES string of the molecule is OC(Cc1ccc(Br)s1)c1cnsn1. The zero-order valence-corrected chi connectivity index (χ0v) is 10.3. The van der Waals surface area contributed by atoms with E-state index in [0.29, 0.717) is 12.1 Å². The van der Waals surface area contributed by atoms with Crippen LogP contribution in [0.25, 0.3) is 0 Å². The number of nitrogens with zero attached hydrogens (tertiary/aromatic N) is 2. The molecule has 0 spiro atoms. The highest BCUT2D eigenvalue weighted by molar-refractivity contribution is 9.11. The van der Waals surface area contributed by atoms with Gasteiger partial charge in [-0.15, -0.1) is 11.3 Å². The van der Waals surface area contributed by atoms with Gasteiger partial charge in [-0.3, -0.25) is 0 Å². The van der Waals surface area contributed by atoms with Crippen LogP contribution < -0.4 is 0 Å². The molecule has 3 nitrogen and oxygen atoms in total. The number of aliphatic hydroxyl groups is 1. The highest BCUT2D eigenvalue weighted by atomic mass is 79.9. The van der Waals surface area contributed by atoms with Gasteiger partial charge in [0, 0.05) is 11.3 Å². The molecule has 1 unspecified atom stereocenters. The number of rotatable bonds is 3. The number of hydrogen-bond donors (Lipinski definition) is 1. The van der Waals surface area contributed by atoms with Gasteiger partial charge in [-0.05, 0) is 28.1 Å². The molecule has 0 saturated carbocycles. The molecule has 1 atom stereocenters. The standard InChI is InChI=1S/C8H7BrN2OS2/c9-8-2-1-5(13-8)3-7(12)6-4-10-14-11-6/h1-2,4,7,12H,3H2. The molecule has 0 aromatic carbocycles. The van der Waals surface area contributed by atoms with Crippen molar-refractivity contribution in [3.63, 3.8) is 0 Å². The van der Waals surface area contributed by atoms with Crippen LogP contribution in [-0.2, 0) is 6.42 Å². The summed E-state index contributed by atoms with van der Waals surface area (Å²) in [7, 11) is 0. The minimum Gasteiger partial charge on any atom is -0.386 e. The molecule has 0 aliphatic heterocycles. The molecule has 0 fully saturated rings. The fourth-order valence-corrected chi connectivity index (χ4v) is 3.06. The van der Waals surface area contributed by atoms with Gasteiger partial charge in [0.15, 0.2) is 0 Å². The molecule has 1 N–H and O–H groups in total. The lowest BCUT2D eigenvalue weighted by Crippen LogP contribution is -2.00. The van der Waals surface area contributed by atoms with E-state index in [0.717, 1.165) is 20.4 Å². The Hall–Kier alpha value is -0.300. The number of thiophene rings is 1. The molecular weight excluding hydrogens is 284 g/mol. The van der Waals surface area contributed by atoms with E-state index < -0.39 is 6.10 Å². The summed E-state index contributed by atoms with van der Waals surface area (Å²) in [5, 5.41) is 9.77. The first-order valence-corrected chi connectivity index (χ1v) is 6.29. The van der Waals surface area contributed by atoms with Crippen LogP contribution in [-0.4, -0.2) is 13.9 Å². The zero-order chi connectivity index (χ0) is 9.97. The number of aromatic nitrogens is 2. The van der Waals surface area contributed by atoms with E-state index in [-0.39, 0.29) is 0 Å². The number of aliphatic hydroxyl groups excluding tert-OH is 1. The second kappa shape index (κ2) is 4.48. The first kappa shape index (κ1) is 10.2. The first-order valence-electron chi connectivity index (χ1n) is 3.95. The molecule has 14 heavy (non-hydrogen) atoms. The fourth-order valence-electron chi connectivity index (χ4n) is 1.08.